The molecule has 0 radical (unpaired) electrons. The molecule has 1 aromatic rings. The van der Waals surface area contributed by atoms with Gasteiger partial charge in [0, 0.05) is 19.6 Å². The number of benzene rings is 1. The minimum Gasteiger partial charge on any atom is -0.387 e. The van der Waals surface area contributed by atoms with Crippen LogP contribution in [0.2, 0.25) is 0 Å². The van der Waals surface area contributed by atoms with E-state index in [-0.39, 0.29) is 0 Å². The lowest BCUT2D eigenvalue weighted by atomic mass is 10.0. The molecule has 1 rings (SSSR count). The Balaban J connectivity index is 2.68. The van der Waals surface area contributed by atoms with E-state index in [4.69, 9.17) is 9.47 Å². The molecule has 1 atom stereocenters. The summed E-state index contributed by atoms with van der Waals surface area (Å²) in [6.07, 6.45) is -0.625. The summed E-state index contributed by atoms with van der Waals surface area (Å²) in [7, 11) is 0. The van der Waals surface area contributed by atoms with Crippen LogP contribution in [0.25, 0.3) is 0 Å². The average Bonchev–Trinajstić information content (AvgIpc) is 2.27. The third-order valence-corrected chi connectivity index (χ3v) is 2.70. The maximum absolute atomic E-state index is 10.2. The van der Waals surface area contributed by atoms with E-state index in [1.165, 1.54) is 11.1 Å². The number of aliphatic hydroxyl groups is 1. The Morgan fingerprint density at radius 1 is 1.00 bits per heavy atom. The van der Waals surface area contributed by atoms with Crippen molar-refractivity contribution in [1.82, 2.24) is 0 Å². The van der Waals surface area contributed by atoms with Crippen LogP contribution >= 0.6 is 0 Å². The van der Waals surface area contributed by atoms with Crippen LogP contribution in [0.4, 0.5) is 0 Å². The van der Waals surface area contributed by atoms with Gasteiger partial charge in [-0.3, -0.25) is 0 Å². The SMILES string of the molecule is CCOC(OCC)C(O)Cc1cc(C)cc(C)c1. The van der Waals surface area contributed by atoms with Gasteiger partial charge in [0.2, 0.25) is 0 Å². The fraction of sp³-hybridized carbons (Fsp3) is 0.600. The van der Waals surface area contributed by atoms with Crippen molar-refractivity contribution >= 4 is 0 Å². The Labute approximate surface area is 110 Å². The first-order valence-electron chi connectivity index (χ1n) is 6.55. The minimum atomic E-state index is -0.633. The summed E-state index contributed by atoms with van der Waals surface area (Å²) in [5, 5.41) is 10.2. The molecule has 1 N–H and O–H groups in total. The molecule has 0 aliphatic rings. The summed E-state index contributed by atoms with van der Waals surface area (Å²) in [6.45, 7) is 8.99. The second-order valence-corrected chi connectivity index (χ2v) is 4.55. The highest BCUT2D eigenvalue weighted by Gasteiger charge is 2.20. The van der Waals surface area contributed by atoms with Gasteiger partial charge >= 0.3 is 0 Å². The van der Waals surface area contributed by atoms with Crippen LogP contribution in [0.15, 0.2) is 18.2 Å². The Kier molecular flexibility index (Phi) is 6.33. The lowest BCUT2D eigenvalue weighted by molar-refractivity contribution is -0.188. The van der Waals surface area contributed by atoms with Gasteiger partial charge in [-0.1, -0.05) is 29.3 Å². The van der Waals surface area contributed by atoms with Gasteiger partial charge in [0.15, 0.2) is 6.29 Å². The number of aryl methyl sites for hydroxylation is 2. The third kappa shape index (κ3) is 4.77. The highest BCUT2D eigenvalue weighted by molar-refractivity contribution is 5.28. The second-order valence-electron chi connectivity index (χ2n) is 4.55. The molecule has 0 fully saturated rings. The summed E-state index contributed by atoms with van der Waals surface area (Å²) < 4.78 is 10.8. The molecule has 0 spiro atoms. The van der Waals surface area contributed by atoms with E-state index in [2.05, 4.69) is 32.0 Å². The average molecular weight is 252 g/mol. The lowest BCUT2D eigenvalue weighted by Gasteiger charge is -2.22. The van der Waals surface area contributed by atoms with E-state index in [9.17, 15) is 5.11 Å². The molecule has 0 saturated carbocycles. The standard InChI is InChI=1S/C15H24O3/c1-5-17-15(18-6-2)14(16)10-13-8-11(3)7-12(4)9-13/h7-9,14-16H,5-6,10H2,1-4H3. The molecule has 0 bridgehead atoms. The molecule has 0 saturated heterocycles. The molecule has 1 aromatic carbocycles. The van der Waals surface area contributed by atoms with Gasteiger partial charge in [0.1, 0.15) is 6.10 Å². The molecule has 0 amide bonds. The van der Waals surface area contributed by atoms with Crippen LogP contribution in [-0.2, 0) is 15.9 Å². The topological polar surface area (TPSA) is 38.7 Å². The summed E-state index contributed by atoms with van der Waals surface area (Å²) in [4.78, 5) is 0. The fourth-order valence-electron chi connectivity index (χ4n) is 2.12. The van der Waals surface area contributed by atoms with Crippen molar-refractivity contribution in [1.29, 1.82) is 0 Å². The number of aliphatic hydroxyl groups excluding tert-OH is 1. The number of hydrogen-bond acceptors (Lipinski definition) is 3. The van der Waals surface area contributed by atoms with Gasteiger partial charge in [-0.05, 0) is 33.3 Å². The Bertz CT molecular complexity index is 337. The van der Waals surface area contributed by atoms with E-state index >= 15 is 0 Å². The van der Waals surface area contributed by atoms with Crippen molar-refractivity contribution in [3.8, 4) is 0 Å². The monoisotopic (exact) mass is 252 g/mol. The van der Waals surface area contributed by atoms with E-state index in [1.54, 1.807) is 0 Å². The predicted molar refractivity (Wildman–Crippen MR) is 72.7 cm³/mol. The van der Waals surface area contributed by atoms with Gasteiger partial charge in [0.05, 0.1) is 0 Å². The Morgan fingerprint density at radius 2 is 1.50 bits per heavy atom. The van der Waals surface area contributed by atoms with Crippen LogP contribution in [0.3, 0.4) is 0 Å². The Morgan fingerprint density at radius 3 is 1.94 bits per heavy atom. The van der Waals surface area contributed by atoms with Gasteiger partial charge in [0.25, 0.3) is 0 Å². The summed E-state index contributed by atoms with van der Waals surface area (Å²) in [5.74, 6) is 0. The normalized spacial score (nSPS) is 13.0. The van der Waals surface area contributed by atoms with Crippen LogP contribution in [0, 0.1) is 13.8 Å². The van der Waals surface area contributed by atoms with E-state index in [1.807, 2.05) is 13.8 Å². The molecule has 0 heterocycles. The number of hydrogen-bond donors (Lipinski definition) is 1. The molecular weight excluding hydrogens is 228 g/mol. The van der Waals surface area contributed by atoms with Crippen LogP contribution < -0.4 is 0 Å². The summed E-state index contributed by atoms with van der Waals surface area (Å²) in [5.41, 5.74) is 3.53. The summed E-state index contributed by atoms with van der Waals surface area (Å²) in [6, 6.07) is 6.30. The molecule has 3 nitrogen and oxygen atoms in total. The quantitative estimate of drug-likeness (QED) is 0.758. The van der Waals surface area contributed by atoms with E-state index in [0.717, 1.165) is 5.56 Å². The third-order valence-electron chi connectivity index (χ3n) is 2.70. The van der Waals surface area contributed by atoms with Crippen LogP contribution in [0.1, 0.15) is 30.5 Å². The van der Waals surface area contributed by atoms with Crippen molar-refractivity contribution in [2.45, 2.75) is 46.5 Å². The molecule has 1 unspecified atom stereocenters. The zero-order valence-electron chi connectivity index (χ0n) is 11.8. The smallest absolute Gasteiger partial charge is 0.183 e. The molecule has 0 aliphatic heterocycles. The summed E-state index contributed by atoms with van der Waals surface area (Å²) >= 11 is 0. The van der Waals surface area contributed by atoms with E-state index in [0.29, 0.717) is 19.6 Å². The molecule has 0 aliphatic carbocycles. The molecule has 0 aromatic heterocycles. The second kappa shape index (κ2) is 7.52. The Hall–Kier alpha value is -0.900. The zero-order chi connectivity index (χ0) is 13.5. The molecule has 3 heteroatoms. The zero-order valence-corrected chi connectivity index (χ0v) is 11.8. The van der Waals surface area contributed by atoms with Gasteiger partial charge in [-0.25, -0.2) is 0 Å². The van der Waals surface area contributed by atoms with Crippen molar-refractivity contribution in [2.24, 2.45) is 0 Å². The van der Waals surface area contributed by atoms with Crippen molar-refractivity contribution in [3.05, 3.63) is 34.9 Å². The number of ether oxygens (including phenoxy) is 2. The first kappa shape index (κ1) is 15.2. The highest BCUT2D eigenvalue weighted by atomic mass is 16.7. The predicted octanol–water partition coefficient (Wildman–Crippen LogP) is 2.61. The first-order chi connectivity index (χ1) is 8.56. The molecule has 102 valence electrons. The van der Waals surface area contributed by atoms with Crippen molar-refractivity contribution < 1.29 is 14.6 Å². The fourth-order valence-corrected chi connectivity index (χ4v) is 2.12. The van der Waals surface area contributed by atoms with Crippen LogP contribution in [0.5, 0.6) is 0 Å². The van der Waals surface area contributed by atoms with Gasteiger partial charge in [-0.2, -0.15) is 0 Å². The van der Waals surface area contributed by atoms with E-state index < -0.39 is 12.4 Å². The lowest BCUT2D eigenvalue weighted by Crippen LogP contribution is -2.33. The van der Waals surface area contributed by atoms with Crippen LogP contribution in [-0.4, -0.2) is 30.7 Å². The maximum Gasteiger partial charge on any atom is 0.183 e. The number of rotatable bonds is 7. The largest absolute Gasteiger partial charge is 0.387 e. The molecular formula is C15H24O3. The van der Waals surface area contributed by atoms with Gasteiger partial charge < -0.3 is 14.6 Å². The molecule has 18 heavy (non-hydrogen) atoms. The van der Waals surface area contributed by atoms with Gasteiger partial charge in [-0.15, -0.1) is 0 Å². The van der Waals surface area contributed by atoms with Crippen molar-refractivity contribution in [2.75, 3.05) is 13.2 Å². The highest BCUT2D eigenvalue weighted by Crippen LogP contribution is 2.14. The first-order valence-corrected chi connectivity index (χ1v) is 6.55. The maximum atomic E-state index is 10.2. The van der Waals surface area contributed by atoms with Crippen molar-refractivity contribution in [3.63, 3.8) is 0 Å². The minimum absolute atomic E-state index is 0.536.